The molecule has 0 aliphatic heterocycles. The van der Waals surface area contributed by atoms with Crippen LogP contribution in [0.5, 0.6) is 0 Å². The van der Waals surface area contributed by atoms with Crippen LogP contribution in [0.1, 0.15) is 65.2 Å². The Kier molecular flexibility index (Phi) is 10.4. The molecule has 2 saturated carbocycles. The molecule has 0 aromatic heterocycles. The van der Waals surface area contributed by atoms with Crippen molar-refractivity contribution < 1.29 is 14.4 Å². The summed E-state index contributed by atoms with van der Waals surface area (Å²) in [5, 5.41) is 0. The van der Waals surface area contributed by atoms with E-state index in [-0.39, 0.29) is 0 Å². The second-order valence-corrected chi connectivity index (χ2v) is 5.63. The minimum absolute atomic E-state index is 1.05. The molecule has 0 saturated heterocycles. The smallest absolute Gasteiger partial charge is 0.314 e. The van der Waals surface area contributed by atoms with E-state index in [1.54, 1.807) is 0 Å². The van der Waals surface area contributed by atoms with Gasteiger partial charge in [-0.3, -0.25) is 4.57 Å². The van der Waals surface area contributed by atoms with Crippen LogP contribution in [0.4, 0.5) is 0 Å². The molecule has 98 valence electrons. The van der Waals surface area contributed by atoms with Gasteiger partial charge in [-0.2, -0.15) is 0 Å². The van der Waals surface area contributed by atoms with Crippen molar-refractivity contribution in [3.05, 3.63) is 0 Å². The molecule has 4 heteroatoms. The molecule has 2 aliphatic carbocycles. The van der Waals surface area contributed by atoms with Gasteiger partial charge in [-0.15, -0.1) is 0 Å². The molecule has 0 aromatic rings. The van der Waals surface area contributed by atoms with Crippen LogP contribution >= 0.6 is 8.25 Å². The maximum Gasteiger partial charge on any atom is 0.314 e. The van der Waals surface area contributed by atoms with Crippen LogP contribution < -0.4 is 0 Å². The molecular formula is C12H27O3P. The summed E-state index contributed by atoms with van der Waals surface area (Å²) in [4.78, 5) is 14.3. The average molecular weight is 250 g/mol. The molecule has 0 heterocycles. The van der Waals surface area contributed by atoms with E-state index >= 15 is 0 Å². The van der Waals surface area contributed by atoms with E-state index in [1.807, 2.05) is 0 Å². The van der Waals surface area contributed by atoms with Gasteiger partial charge < -0.3 is 9.79 Å². The molecule has 0 aromatic carbocycles. The summed E-state index contributed by atoms with van der Waals surface area (Å²) < 4.78 is 8.74. The standard InChI is InChI=1S/2C6H12.H3O3P/c2*1-6-4-2-3-5-6;1-4(2)3/h2*6H,2-5H2,1H3;4H,(H2,1,2,3). The third-order valence-electron chi connectivity index (χ3n) is 3.29. The summed E-state index contributed by atoms with van der Waals surface area (Å²) in [5.41, 5.74) is 0. The Morgan fingerprint density at radius 2 is 1.00 bits per heavy atom. The van der Waals surface area contributed by atoms with Gasteiger partial charge in [-0.05, 0) is 11.8 Å². The van der Waals surface area contributed by atoms with Crippen molar-refractivity contribution in [3.63, 3.8) is 0 Å². The first-order valence-electron chi connectivity index (χ1n) is 6.44. The summed E-state index contributed by atoms with van der Waals surface area (Å²) in [7, 11) is -3.13. The van der Waals surface area contributed by atoms with Gasteiger partial charge in [0.05, 0.1) is 0 Å². The second kappa shape index (κ2) is 10.3. The topological polar surface area (TPSA) is 57.5 Å². The van der Waals surface area contributed by atoms with Crippen molar-refractivity contribution in [2.75, 3.05) is 0 Å². The lowest BCUT2D eigenvalue weighted by atomic mass is 10.2. The molecule has 0 amide bonds. The molecule has 16 heavy (non-hydrogen) atoms. The summed E-state index contributed by atoms with van der Waals surface area (Å²) in [6.07, 6.45) is 11.9. The molecule has 2 aliphatic rings. The third-order valence-corrected chi connectivity index (χ3v) is 3.29. The van der Waals surface area contributed by atoms with Gasteiger partial charge in [-0.25, -0.2) is 0 Å². The van der Waals surface area contributed by atoms with E-state index in [2.05, 4.69) is 13.8 Å². The zero-order chi connectivity index (χ0) is 12.4. The molecule has 0 unspecified atom stereocenters. The van der Waals surface area contributed by atoms with Gasteiger partial charge in [0.1, 0.15) is 0 Å². The van der Waals surface area contributed by atoms with Gasteiger partial charge in [0.15, 0.2) is 0 Å². The molecule has 2 fully saturated rings. The Labute approximate surface area is 100 Å². The Morgan fingerprint density at radius 1 is 0.812 bits per heavy atom. The fourth-order valence-corrected chi connectivity index (χ4v) is 2.26. The van der Waals surface area contributed by atoms with Crippen molar-refractivity contribution in [2.24, 2.45) is 11.8 Å². The second-order valence-electron chi connectivity index (χ2n) is 5.06. The molecule has 0 spiro atoms. The lowest BCUT2D eigenvalue weighted by Gasteiger charge is -1.91. The Balaban J connectivity index is 0.000000217. The summed E-state index contributed by atoms with van der Waals surface area (Å²) in [6, 6.07) is 0. The zero-order valence-corrected chi connectivity index (χ0v) is 11.6. The molecular weight excluding hydrogens is 223 g/mol. The maximum absolute atomic E-state index is 8.74. The highest BCUT2D eigenvalue weighted by Gasteiger charge is 2.07. The minimum Gasteiger partial charge on any atom is -0.326 e. The monoisotopic (exact) mass is 250 g/mol. The van der Waals surface area contributed by atoms with Crippen molar-refractivity contribution in [1.29, 1.82) is 0 Å². The fraction of sp³-hybridized carbons (Fsp3) is 1.00. The van der Waals surface area contributed by atoms with E-state index in [0.29, 0.717) is 0 Å². The highest BCUT2D eigenvalue weighted by molar-refractivity contribution is 7.30. The molecule has 0 atom stereocenters. The Bertz CT molecular complexity index is 155. The van der Waals surface area contributed by atoms with E-state index in [0.717, 1.165) is 11.8 Å². The summed E-state index contributed by atoms with van der Waals surface area (Å²) >= 11 is 0. The van der Waals surface area contributed by atoms with Crippen LogP contribution in [0.25, 0.3) is 0 Å². The minimum atomic E-state index is -3.13. The predicted molar refractivity (Wildman–Crippen MR) is 68.7 cm³/mol. The van der Waals surface area contributed by atoms with Gasteiger partial charge in [0.2, 0.25) is 0 Å². The maximum atomic E-state index is 8.74. The Morgan fingerprint density at radius 3 is 1.06 bits per heavy atom. The summed E-state index contributed by atoms with van der Waals surface area (Å²) in [5.74, 6) is 2.09. The van der Waals surface area contributed by atoms with Gasteiger partial charge >= 0.3 is 8.25 Å². The van der Waals surface area contributed by atoms with Crippen molar-refractivity contribution >= 4 is 8.25 Å². The highest BCUT2D eigenvalue weighted by Crippen LogP contribution is 2.23. The van der Waals surface area contributed by atoms with E-state index in [1.165, 1.54) is 51.4 Å². The highest BCUT2D eigenvalue weighted by atomic mass is 31.1. The fourth-order valence-electron chi connectivity index (χ4n) is 2.26. The normalized spacial score (nSPS) is 21.3. The SMILES string of the molecule is CC1CCCC1.CC1CCCC1.O=[PH](O)O. The van der Waals surface area contributed by atoms with Gasteiger partial charge in [0.25, 0.3) is 0 Å². The largest absolute Gasteiger partial charge is 0.326 e. The van der Waals surface area contributed by atoms with Crippen LogP contribution in [0.3, 0.4) is 0 Å². The lowest BCUT2D eigenvalue weighted by Crippen LogP contribution is -1.78. The molecule has 0 bridgehead atoms. The zero-order valence-electron chi connectivity index (χ0n) is 10.6. The van der Waals surface area contributed by atoms with E-state index in [4.69, 9.17) is 14.4 Å². The molecule has 3 nitrogen and oxygen atoms in total. The van der Waals surface area contributed by atoms with Crippen LogP contribution in [-0.2, 0) is 4.57 Å². The first-order chi connectivity index (χ1) is 7.52. The number of rotatable bonds is 0. The molecule has 2 N–H and O–H groups in total. The Hall–Kier alpha value is 0.150. The van der Waals surface area contributed by atoms with E-state index < -0.39 is 8.25 Å². The van der Waals surface area contributed by atoms with Crippen molar-refractivity contribution in [1.82, 2.24) is 0 Å². The number of hydrogen-bond acceptors (Lipinski definition) is 1. The third kappa shape index (κ3) is 12.2. The van der Waals surface area contributed by atoms with Gasteiger partial charge in [-0.1, -0.05) is 65.2 Å². The lowest BCUT2D eigenvalue weighted by molar-refractivity contribution is 0.405. The number of hydrogen-bond donors (Lipinski definition) is 2. The van der Waals surface area contributed by atoms with Crippen LogP contribution in [0.2, 0.25) is 0 Å². The molecule has 0 radical (unpaired) electrons. The first kappa shape index (κ1) is 16.1. The van der Waals surface area contributed by atoms with E-state index in [9.17, 15) is 0 Å². The first-order valence-corrected chi connectivity index (χ1v) is 7.74. The average Bonchev–Trinajstić information content (AvgIpc) is 2.78. The molecule has 2 rings (SSSR count). The van der Waals surface area contributed by atoms with Crippen LogP contribution in [-0.4, -0.2) is 9.79 Å². The van der Waals surface area contributed by atoms with Gasteiger partial charge in [0, 0.05) is 0 Å². The summed E-state index contributed by atoms with van der Waals surface area (Å²) in [6.45, 7) is 4.68. The van der Waals surface area contributed by atoms with Crippen LogP contribution in [0.15, 0.2) is 0 Å². The predicted octanol–water partition coefficient (Wildman–Crippen LogP) is 3.75. The van der Waals surface area contributed by atoms with Crippen molar-refractivity contribution in [2.45, 2.75) is 65.2 Å². The van der Waals surface area contributed by atoms with Crippen LogP contribution in [0, 0.1) is 11.8 Å². The quantitative estimate of drug-likeness (QED) is 0.644. The van der Waals surface area contributed by atoms with Crippen molar-refractivity contribution in [3.8, 4) is 0 Å².